The molecule has 3 heterocycles. The fourth-order valence-electron chi connectivity index (χ4n) is 2.86. The van der Waals surface area contributed by atoms with E-state index in [1.165, 1.54) is 11.9 Å². The summed E-state index contributed by atoms with van der Waals surface area (Å²) in [5, 5.41) is 16.4. The molecule has 2 aromatic carbocycles. The van der Waals surface area contributed by atoms with Gasteiger partial charge >= 0.3 is 5.69 Å². The van der Waals surface area contributed by atoms with Crippen molar-refractivity contribution in [1.29, 1.82) is 5.39 Å². The molecule has 0 fully saturated rings. The Kier molecular flexibility index (Phi) is 14.3. The first-order chi connectivity index (χ1) is 19.9. The van der Waals surface area contributed by atoms with Crippen molar-refractivity contribution in [2.45, 2.75) is 0 Å². The summed E-state index contributed by atoms with van der Waals surface area (Å²) in [6.07, 6.45) is 9.79. The predicted molar refractivity (Wildman–Crippen MR) is 168 cm³/mol. The summed E-state index contributed by atoms with van der Waals surface area (Å²) in [7, 11) is 8.09. The Bertz CT molecular complexity index is 1420. The van der Waals surface area contributed by atoms with E-state index in [0.717, 1.165) is 17.1 Å². The number of diazo groups is 1. The molecule has 5 rings (SSSR count). The predicted octanol–water partition coefficient (Wildman–Crippen LogP) is 7.55. The van der Waals surface area contributed by atoms with Crippen LogP contribution in [-0.2, 0) is 0 Å². The molecule has 0 atom stereocenters. The van der Waals surface area contributed by atoms with E-state index in [0.29, 0.717) is 11.4 Å². The number of rotatable bonds is 4. The van der Waals surface area contributed by atoms with E-state index in [-0.39, 0.29) is 0 Å². The van der Waals surface area contributed by atoms with Crippen molar-refractivity contribution in [2.24, 2.45) is 10.2 Å². The first kappa shape index (κ1) is 31.5. The van der Waals surface area contributed by atoms with Crippen LogP contribution in [0.3, 0.4) is 0 Å². The molecule has 10 heteroatoms. The van der Waals surface area contributed by atoms with Crippen molar-refractivity contribution < 1.29 is 0 Å². The largest absolute Gasteiger partial charge is 0.403 e. The Morgan fingerprint density at radius 2 is 1.12 bits per heavy atom. The number of nitrogens with zero attached hydrogens (tertiary/aromatic N) is 9. The van der Waals surface area contributed by atoms with Crippen LogP contribution in [0.2, 0.25) is 0 Å². The molecule has 0 saturated carbocycles. The first-order valence-electron chi connectivity index (χ1n) is 12.6. The van der Waals surface area contributed by atoms with Gasteiger partial charge in [0, 0.05) is 70.4 Å². The molecule has 2 N–H and O–H groups in total. The molecule has 0 amide bonds. The van der Waals surface area contributed by atoms with Crippen LogP contribution in [0.5, 0.6) is 0 Å². The summed E-state index contributed by atoms with van der Waals surface area (Å²) in [6, 6.07) is 28.8. The van der Waals surface area contributed by atoms with Crippen LogP contribution in [0.4, 0.5) is 34.1 Å². The zero-order valence-electron chi connectivity index (χ0n) is 23.7. The van der Waals surface area contributed by atoms with Gasteiger partial charge in [-0.3, -0.25) is 15.0 Å². The summed E-state index contributed by atoms with van der Waals surface area (Å²) < 4.78 is 0. The third kappa shape index (κ3) is 13.6. The average Bonchev–Trinajstić information content (AvgIpc) is 3.03. The van der Waals surface area contributed by atoms with E-state index in [9.17, 15) is 0 Å². The van der Waals surface area contributed by atoms with Crippen LogP contribution in [-0.4, -0.2) is 43.1 Å². The highest BCUT2D eigenvalue weighted by Crippen LogP contribution is 2.20. The van der Waals surface area contributed by atoms with Crippen LogP contribution < -0.4 is 15.5 Å². The molecule has 0 aliphatic carbocycles. The van der Waals surface area contributed by atoms with Gasteiger partial charge in [0.15, 0.2) is 4.98 Å². The van der Waals surface area contributed by atoms with Crippen LogP contribution in [0.1, 0.15) is 0 Å². The lowest BCUT2D eigenvalue weighted by Crippen LogP contribution is -2.07. The number of nitrogen functional groups attached to an aromatic ring is 1. The number of anilines is 3. The molecule has 208 valence electrons. The number of benzene rings is 2. The van der Waals surface area contributed by atoms with Gasteiger partial charge in [0.05, 0.1) is 17.6 Å². The Hall–Kier alpha value is -5.69. The molecule has 0 bridgehead atoms. The van der Waals surface area contributed by atoms with E-state index < -0.39 is 0 Å². The lowest BCUT2D eigenvalue weighted by atomic mass is 10.3. The van der Waals surface area contributed by atoms with Gasteiger partial charge in [0.2, 0.25) is 5.39 Å². The van der Waals surface area contributed by atoms with E-state index in [2.05, 4.69) is 47.2 Å². The topological polar surface area (TPSA) is 124 Å². The van der Waals surface area contributed by atoms with E-state index in [1.54, 1.807) is 55.2 Å². The van der Waals surface area contributed by atoms with E-state index >= 15 is 0 Å². The lowest BCUT2D eigenvalue weighted by molar-refractivity contribution is 1.13. The van der Waals surface area contributed by atoms with E-state index in [4.69, 9.17) is 11.1 Å². The summed E-state index contributed by atoms with van der Waals surface area (Å²) in [6.45, 7) is 0. The van der Waals surface area contributed by atoms with Gasteiger partial charge in [0.1, 0.15) is 11.9 Å². The minimum absolute atomic E-state index is 0.479. The molecule has 5 aromatic rings. The van der Waals surface area contributed by atoms with Crippen molar-refractivity contribution in [3.63, 3.8) is 0 Å². The number of hydrogen-bond acceptors (Lipinski definition) is 9. The van der Waals surface area contributed by atoms with Crippen LogP contribution >= 0.6 is 0 Å². The normalized spacial score (nSPS) is 9.44. The Morgan fingerprint density at radius 3 is 1.51 bits per heavy atom. The molecule has 0 aliphatic rings. The van der Waals surface area contributed by atoms with Crippen molar-refractivity contribution in [3.05, 3.63) is 133 Å². The minimum atomic E-state index is 0.479. The second kappa shape index (κ2) is 18.5. The van der Waals surface area contributed by atoms with Crippen LogP contribution in [0.15, 0.2) is 138 Å². The Labute approximate surface area is 241 Å². The second-order valence-electron chi connectivity index (χ2n) is 8.65. The van der Waals surface area contributed by atoms with Gasteiger partial charge in [-0.2, -0.15) is 5.11 Å². The highest BCUT2D eigenvalue weighted by Gasteiger charge is 1.97. The maximum absolute atomic E-state index is 8.12. The molecular weight excluding hydrogens is 512 g/mol. The van der Waals surface area contributed by atoms with Gasteiger partial charge in [-0.15, -0.1) is 5.11 Å². The lowest BCUT2D eigenvalue weighted by Gasteiger charge is -2.11. The fourth-order valence-corrected chi connectivity index (χ4v) is 2.86. The van der Waals surface area contributed by atoms with Crippen molar-refractivity contribution in [3.8, 4) is 0 Å². The number of para-hydroxylation sites is 1. The quantitative estimate of drug-likeness (QED) is 0.182. The van der Waals surface area contributed by atoms with Crippen molar-refractivity contribution >= 4 is 34.1 Å². The molecule has 3 aromatic heterocycles. The number of pyridine rings is 3. The maximum Gasteiger partial charge on any atom is 0.403 e. The van der Waals surface area contributed by atoms with Gasteiger partial charge in [-0.1, -0.05) is 18.2 Å². The molecule has 0 aliphatic heterocycles. The molecular formula is C31H35N10+. The number of aromatic nitrogens is 3. The van der Waals surface area contributed by atoms with Crippen LogP contribution in [0.25, 0.3) is 4.98 Å². The zero-order chi connectivity index (χ0) is 29.7. The number of nitrogens with two attached hydrogens (primary N) is 1. The molecule has 10 nitrogen and oxygen atoms in total. The first-order valence-corrected chi connectivity index (χ1v) is 12.6. The van der Waals surface area contributed by atoms with Crippen molar-refractivity contribution in [2.75, 3.05) is 43.7 Å². The molecule has 0 spiro atoms. The summed E-state index contributed by atoms with van der Waals surface area (Å²) >= 11 is 0. The van der Waals surface area contributed by atoms with Crippen molar-refractivity contribution in [1.82, 2.24) is 15.0 Å². The highest BCUT2D eigenvalue weighted by molar-refractivity contribution is 5.52. The monoisotopic (exact) mass is 547 g/mol. The number of azo groups is 1. The fraction of sp³-hybridized carbons (Fsp3) is 0.129. The molecule has 0 radical (unpaired) electrons. The zero-order valence-corrected chi connectivity index (χ0v) is 23.7. The summed E-state index contributed by atoms with van der Waals surface area (Å²) in [4.78, 5) is 18.5. The third-order valence-corrected chi connectivity index (χ3v) is 5.01. The van der Waals surface area contributed by atoms with Gasteiger partial charge in [-0.25, -0.2) is 0 Å². The second-order valence-corrected chi connectivity index (χ2v) is 8.65. The maximum atomic E-state index is 8.12. The standard InChI is InChI=1S/C13H14N4.C8H11N.C5H4N3.C5H6N2/c1-17(2)13-7-5-11(6-8-13)15-16-12-4-3-9-14-10-12;1-9(2)8-6-4-3-5-7-8;6-8-5-2-1-3-7-4-5;6-5-2-1-3-7-4-5/h3-10H,1-2H3;3-7H,1-2H3;1-4H;1-4H,6H2/q;;+1;. The number of hydrogen-bond donors (Lipinski definition) is 1. The third-order valence-electron chi connectivity index (χ3n) is 5.01. The summed E-state index contributed by atoms with van der Waals surface area (Å²) in [5.74, 6) is 0. The summed E-state index contributed by atoms with van der Waals surface area (Å²) in [5.41, 5.74) is 10.5. The molecule has 0 unspecified atom stereocenters. The van der Waals surface area contributed by atoms with E-state index in [1.807, 2.05) is 87.7 Å². The molecule has 0 saturated heterocycles. The molecule has 41 heavy (non-hydrogen) atoms. The smallest absolute Gasteiger partial charge is 0.397 e. The average molecular weight is 548 g/mol. The van der Waals surface area contributed by atoms with Gasteiger partial charge in [-0.05, 0) is 66.7 Å². The Balaban J connectivity index is 0.000000207. The van der Waals surface area contributed by atoms with Crippen LogP contribution in [0, 0.1) is 5.39 Å². The SMILES string of the molecule is CN(C)c1ccc(N=Nc2cccnc2)cc1.CN(C)c1ccccc1.N#[N+]c1cccnc1.Nc1cccnc1. The van der Waals surface area contributed by atoms with Gasteiger partial charge in [0.25, 0.3) is 0 Å². The minimum Gasteiger partial charge on any atom is -0.397 e. The van der Waals surface area contributed by atoms with Gasteiger partial charge < -0.3 is 15.5 Å². The highest BCUT2D eigenvalue weighted by atomic mass is 15.1. The Morgan fingerprint density at radius 1 is 0.585 bits per heavy atom.